The van der Waals surface area contributed by atoms with Crippen LogP contribution in [0.3, 0.4) is 0 Å². The molecule has 1 aliphatic carbocycles. The van der Waals surface area contributed by atoms with Crippen molar-refractivity contribution in [3.05, 3.63) is 29.6 Å². The summed E-state index contributed by atoms with van der Waals surface area (Å²) in [5, 5.41) is 0. The third-order valence-corrected chi connectivity index (χ3v) is 4.49. The van der Waals surface area contributed by atoms with Gasteiger partial charge in [0, 0.05) is 25.8 Å². The van der Waals surface area contributed by atoms with E-state index in [0.29, 0.717) is 4.99 Å². The zero-order valence-corrected chi connectivity index (χ0v) is 11.3. The lowest BCUT2D eigenvalue weighted by molar-refractivity contribution is 0.303. The van der Waals surface area contributed by atoms with Crippen molar-refractivity contribution in [2.45, 2.75) is 25.8 Å². The Kier molecular flexibility index (Phi) is 3.31. The fourth-order valence-corrected chi connectivity index (χ4v) is 3.54. The largest absolute Gasteiger partial charge is 0.388 e. The number of rotatable bonds is 3. The van der Waals surface area contributed by atoms with E-state index >= 15 is 0 Å². The Hall–Kier alpha value is -1.00. The van der Waals surface area contributed by atoms with E-state index in [1.165, 1.54) is 37.9 Å². The highest BCUT2D eigenvalue weighted by Gasteiger charge is 2.35. The maximum absolute atomic E-state index is 5.62. The summed E-state index contributed by atoms with van der Waals surface area (Å²) in [6, 6.07) is 4.09. The first-order valence-corrected chi connectivity index (χ1v) is 7.10. The molecular formula is C14H19N3S. The Labute approximate surface area is 113 Å². The molecule has 4 heteroatoms. The van der Waals surface area contributed by atoms with Gasteiger partial charge in [-0.05, 0) is 42.4 Å². The molecule has 18 heavy (non-hydrogen) atoms. The molecule has 0 amide bonds. The first-order chi connectivity index (χ1) is 8.72. The molecule has 1 aliphatic heterocycles. The van der Waals surface area contributed by atoms with E-state index in [-0.39, 0.29) is 0 Å². The van der Waals surface area contributed by atoms with Crippen molar-refractivity contribution < 1.29 is 0 Å². The van der Waals surface area contributed by atoms with E-state index in [0.717, 1.165) is 24.1 Å². The molecule has 0 aromatic carbocycles. The number of hydrogen-bond donors (Lipinski definition) is 1. The van der Waals surface area contributed by atoms with Gasteiger partial charge in [-0.3, -0.25) is 9.88 Å². The van der Waals surface area contributed by atoms with Crippen LogP contribution in [0.25, 0.3) is 0 Å². The van der Waals surface area contributed by atoms with Crippen LogP contribution in [0.4, 0.5) is 0 Å². The van der Waals surface area contributed by atoms with E-state index in [2.05, 4.69) is 16.0 Å². The second kappa shape index (κ2) is 4.94. The lowest BCUT2D eigenvalue weighted by Crippen LogP contribution is -2.21. The maximum atomic E-state index is 5.62. The van der Waals surface area contributed by atoms with Crippen molar-refractivity contribution in [3.8, 4) is 0 Å². The Bertz CT molecular complexity index is 448. The molecule has 1 aromatic heterocycles. The van der Waals surface area contributed by atoms with Crippen LogP contribution in [0.2, 0.25) is 0 Å². The summed E-state index contributed by atoms with van der Waals surface area (Å²) in [7, 11) is 0. The van der Waals surface area contributed by atoms with Gasteiger partial charge in [-0.2, -0.15) is 0 Å². The molecule has 1 saturated heterocycles. The van der Waals surface area contributed by atoms with Crippen molar-refractivity contribution in [2.24, 2.45) is 17.6 Å². The smallest absolute Gasteiger partial charge is 0.122 e. The number of thiocarbonyl (C=S) groups is 1. The molecule has 0 bridgehead atoms. The Morgan fingerprint density at radius 1 is 1.39 bits per heavy atom. The van der Waals surface area contributed by atoms with E-state index in [9.17, 15) is 0 Å². The van der Waals surface area contributed by atoms with Crippen LogP contribution in [0.1, 0.15) is 30.5 Å². The summed E-state index contributed by atoms with van der Waals surface area (Å²) in [5.74, 6) is 1.89. The Morgan fingerprint density at radius 2 is 2.11 bits per heavy atom. The maximum Gasteiger partial charge on any atom is 0.122 e. The molecule has 2 N–H and O–H groups in total. The van der Waals surface area contributed by atoms with Crippen LogP contribution in [0.15, 0.2) is 18.3 Å². The summed E-state index contributed by atoms with van der Waals surface area (Å²) >= 11 is 4.97. The van der Waals surface area contributed by atoms with E-state index in [1.807, 2.05) is 6.07 Å². The lowest BCUT2D eigenvalue weighted by Gasteiger charge is -2.16. The number of likely N-dealkylation sites (tertiary alicyclic amines) is 1. The number of pyridine rings is 1. The molecule has 2 aliphatic rings. The molecule has 1 aromatic rings. The van der Waals surface area contributed by atoms with Gasteiger partial charge in [-0.1, -0.05) is 18.6 Å². The van der Waals surface area contributed by atoms with Gasteiger partial charge in [0.25, 0.3) is 0 Å². The van der Waals surface area contributed by atoms with Crippen molar-refractivity contribution >= 4 is 17.2 Å². The summed E-state index contributed by atoms with van der Waals surface area (Å²) in [5.41, 5.74) is 7.63. The fraction of sp³-hybridized carbons (Fsp3) is 0.571. The van der Waals surface area contributed by atoms with Crippen LogP contribution in [-0.4, -0.2) is 28.0 Å². The van der Waals surface area contributed by atoms with Gasteiger partial charge in [0.1, 0.15) is 4.99 Å². The summed E-state index contributed by atoms with van der Waals surface area (Å²) < 4.78 is 0. The van der Waals surface area contributed by atoms with Gasteiger partial charge in [0.05, 0.1) is 5.69 Å². The molecule has 3 rings (SSSR count). The molecule has 96 valence electrons. The standard InChI is InChI=1S/C14H19N3S/c15-14(18)13-6-10(4-5-16-13)7-17-8-11-2-1-3-12(11)9-17/h4-6,11-12H,1-3,7-9H2,(H2,15,18). The number of nitrogens with two attached hydrogens (primary N) is 1. The summed E-state index contributed by atoms with van der Waals surface area (Å²) in [4.78, 5) is 7.13. The minimum Gasteiger partial charge on any atom is -0.388 e. The molecular weight excluding hydrogens is 242 g/mol. The van der Waals surface area contributed by atoms with Crippen molar-refractivity contribution in [3.63, 3.8) is 0 Å². The third kappa shape index (κ3) is 2.40. The number of hydrogen-bond acceptors (Lipinski definition) is 3. The molecule has 1 saturated carbocycles. The van der Waals surface area contributed by atoms with Crippen LogP contribution >= 0.6 is 12.2 Å². The zero-order valence-electron chi connectivity index (χ0n) is 10.5. The quantitative estimate of drug-likeness (QED) is 0.845. The fourth-order valence-electron chi connectivity index (χ4n) is 3.43. The summed E-state index contributed by atoms with van der Waals surface area (Å²) in [6.45, 7) is 3.52. The van der Waals surface area contributed by atoms with Crippen molar-refractivity contribution in [1.29, 1.82) is 0 Å². The van der Waals surface area contributed by atoms with Crippen LogP contribution in [0.5, 0.6) is 0 Å². The number of aromatic nitrogens is 1. The van der Waals surface area contributed by atoms with Crippen LogP contribution in [-0.2, 0) is 6.54 Å². The third-order valence-electron chi connectivity index (χ3n) is 4.28. The molecule has 2 unspecified atom stereocenters. The highest BCUT2D eigenvalue weighted by molar-refractivity contribution is 7.80. The minimum absolute atomic E-state index is 0.384. The van der Waals surface area contributed by atoms with Crippen LogP contribution < -0.4 is 5.73 Å². The average Bonchev–Trinajstić information content (AvgIpc) is 2.90. The molecule has 0 spiro atoms. The lowest BCUT2D eigenvalue weighted by atomic mass is 10.0. The SMILES string of the molecule is NC(=S)c1cc(CN2CC3CCCC3C2)ccn1. The van der Waals surface area contributed by atoms with Gasteiger partial charge in [-0.15, -0.1) is 0 Å². The van der Waals surface area contributed by atoms with Crippen molar-refractivity contribution in [2.75, 3.05) is 13.1 Å². The molecule has 3 nitrogen and oxygen atoms in total. The first-order valence-electron chi connectivity index (χ1n) is 6.69. The number of fused-ring (bicyclic) bond motifs is 1. The first kappa shape index (κ1) is 12.1. The topological polar surface area (TPSA) is 42.1 Å². The predicted octanol–water partition coefficient (Wildman–Crippen LogP) is 1.95. The Morgan fingerprint density at radius 3 is 2.78 bits per heavy atom. The van der Waals surface area contributed by atoms with Gasteiger partial charge in [-0.25, -0.2) is 0 Å². The minimum atomic E-state index is 0.384. The van der Waals surface area contributed by atoms with E-state index in [1.54, 1.807) is 6.20 Å². The second-order valence-electron chi connectivity index (χ2n) is 5.56. The zero-order chi connectivity index (χ0) is 12.5. The monoisotopic (exact) mass is 261 g/mol. The molecule has 2 heterocycles. The van der Waals surface area contributed by atoms with E-state index in [4.69, 9.17) is 18.0 Å². The van der Waals surface area contributed by atoms with Crippen LogP contribution in [0, 0.1) is 11.8 Å². The van der Waals surface area contributed by atoms with Gasteiger partial charge < -0.3 is 5.73 Å². The second-order valence-corrected chi connectivity index (χ2v) is 6.00. The van der Waals surface area contributed by atoms with E-state index < -0.39 is 0 Å². The van der Waals surface area contributed by atoms with Crippen molar-refractivity contribution in [1.82, 2.24) is 9.88 Å². The average molecular weight is 261 g/mol. The van der Waals surface area contributed by atoms with Gasteiger partial charge in [0.15, 0.2) is 0 Å². The normalized spacial score (nSPS) is 27.3. The molecule has 2 atom stereocenters. The highest BCUT2D eigenvalue weighted by Crippen LogP contribution is 2.38. The van der Waals surface area contributed by atoms with Gasteiger partial charge in [0.2, 0.25) is 0 Å². The summed E-state index contributed by atoms with van der Waals surface area (Å²) in [6.07, 6.45) is 6.09. The highest BCUT2D eigenvalue weighted by atomic mass is 32.1. The Balaban J connectivity index is 1.66. The predicted molar refractivity (Wildman–Crippen MR) is 76.2 cm³/mol. The number of nitrogens with zero attached hydrogens (tertiary/aromatic N) is 2. The molecule has 2 fully saturated rings. The molecule has 0 radical (unpaired) electrons. The van der Waals surface area contributed by atoms with Gasteiger partial charge >= 0.3 is 0 Å².